The van der Waals surface area contributed by atoms with Gasteiger partial charge in [-0.25, -0.2) is 0 Å². The van der Waals surface area contributed by atoms with Crippen LogP contribution in [0.15, 0.2) is 54.6 Å². The number of esters is 1. The minimum Gasteiger partial charge on any atom is -0.457 e. The molecular weight excluding hydrogens is 248 g/mol. The lowest BCUT2D eigenvalue weighted by molar-refractivity contribution is -0.141. The van der Waals surface area contributed by atoms with Crippen LogP contribution in [0.4, 0.5) is 0 Å². The van der Waals surface area contributed by atoms with Crippen molar-refractivity contribution < 1.29 is 9.53 Å². The lowest BCUT2D eigenvalue weighted by atomic mass is 10.0. The molecule has 0 saturated carbocycles. The highest BCUT2D eigenvalue weighted by molar-refractivity contribution is 5.71. The molecule has 2 aromatic rings. The molecule has 2 heteroatoms. The van der Waals surface area contributed by atoms with Crippen LogP contribution in [-0.4, -0.2) is 5.97 Å². The van der Waals surface area contributed by atoms with Crippen LogP contribution in [-0.2, 0) is 22.4 Å². The number of aryl methyl sites for hydroxylation is 2. The van der Waals surface area contributed by atoms with E-state index < -0.39 is 0 Å². The first-order valence-electron chi connectivity index (χ1n) is 7.13. The van der Waals surface area contributed by atoms with Crippen molar-refractivity contribution in [2.75, 3.05) is 0 Å². The van der Waals surface area contributed by atoms with E-state index in [-0.39, 0.29) is 12.1 Å². The van der Waals surface area contributed by atoms with E-state index in [1.54, 1.807) is 0 Å². The Morgan fingerprint density at radius 1 is 0.900 bits per heavy atom. The fourth-order valence-corrected chi connectivity index (χ4v) is 2.59. The number of carbonyl (C=O) groups excluding carboxylic acids is 1. The molecule has 20 heavy (non-hydrogen) atoms. The Bertz CT molecular complexity index is 572. The fraction of sp³-hybridized carbons (Fsp3) is 0.278. The minimum absolute atomic E-state index is 0.0364. The second-order valence-electron chi connectivity index (χ2n) is 5.24. The third kappa shape index (κ3) is 3.08. The number of rotatable bonds is 4. The van der Waals surface area contributed by atoms with E-state index >= 15 is 0 Å². The first kappa shape index (κ1) is 12.9. The molecule has 0 amide bonds. The fourth-order valence-electron chi connectivity index (χ4n) is 2.59. The van der Waals surface area contributed by atoms with Gasteiger partial charge in [-0.05, 0) is 36.0 Å². The maximum atomic E-state index is 11.1. The number of hydrogen-bond donors (Lipinski definition) is 0. The molecule has 2 nitrogen and oxygen atoms in total. The van der Waals surface area contributed by atoms with Gasteiger partial charge in [0.25, 0.3) is 0 Å². The average Bonchev–Trinajstić information content (AvgIpc) is 2.93. The Kier molecular flexibility index (Phi) is 3.82. The summed E-state index contributed by atoms with van der Waals surface area (Å²) in [5.41, 5.74) is 3.79. The SMILES string of the molecule is O=C1CCC(c2ccc(CCc3ccccc3)cc2)O1. The molecule has 1 aliphatic heterocycles. The molecule has 0 aliphatic carbocycles. The molecule has 0 aromatic heterocycles. The third-order valence-corrected chi connectivity index (χ3v) is 3.78. The zero-order valence-corrected chi connectivity index (χ0v) is 11.4. The maximum Gasteiger partial charge on any atom is 0.306 e. The smallest absolute Gasteiger partial charge is 0.306 e. The van der Waals surface area contributed by atoms with Gasteiger partial charge in [0.2, 0.25) is 0 Å². The third-order valence-electron chi connectivity index (χ3n) is 3.78. The van der Waals surface area contributed by atoms with Crippen molar-refractivity contribution in [2.45, 2.75) is 31.8 Å². The molecule has 1 fully saturated rings. The largest absolute Gasteiger partial charge is 0.457 e. The van der Waals surface area contributed by atoms with Crippen molar-refractivity contribution in [3.05, 3.63) is 71.3 Å². The summed E-state index contributed by atoms with van der Waals surface area (Å²) in [5.74, 6) is -0.0804. The zero-order valence-electron chi connectivity index (χ0n) is 11.4. The van der Waals surface area contributed by atoms with Crippen LogP contribution in [0.1, 0.15) is 35.6 Å². The van der Waals surface area contributed by atoms with Crippen molar-refractivity contribution in [3.8, 4) is 0 Å². The topological polar surface area (TPSA) is 26.3 Å². The Morgan fingerprint density at radius 2 is 1.55 bits per heavy atom. The quantitative estimate of drug-likeness (QED) is 0.786. The number of benzene rings is 2. The van der Waals surface area contributed by atoms with E-state index in [0.29, 0.717) is 6.42 Å². The van der Waals surface area contributed by atoms with Crippen LogP contribution in [0.2, 0.25) is 0 Å². The molecule has 1 aliphatic rings. The van der Waals surface area contributed by atoms with Crippen molar-refractivity contribution in [3.63, 3.8) is 0 Å². The summed E-state index contributed by atoms with van der Waals surface area (Å²) >= 11 is 0. The zero-order chi connectivity index (χ0) is 13.8. The van der Waals surface area contributed by atoms with Crippen molar-refractivity contribution in [1.82, 2.24) is 0 Å². The Labute approximate surface area is 119 Å². The van der Waals surface area contributed by atoms with Gasteiger partial charge < -0.3 is 4.74 Å². The van der Waals surface area contributed by atoms with Crippen molar-refractivity contribution >= 4 is 5.97 Å². The van der Waals surface area contributed by atoms with Gasteiger partial charge in [-0.3, -0.25) is 4.79 Å². The lowest BCUT2D eigenvalue weighted by Gasteiger charge is -2.10. The van der Waals surface area contributed by atoms with Crippen molar-refractivity contribution in [1.29, 1.82) is 0 Å². The van der Waals surface area contributed by atoms with Crippen molar-refractivity contribution in [2.24, 2.45) is 0 Å². The standard InChI is InChI=1S/C18H18O2/c19-18-13-12-17(20-18)16-10-8-15(9-11-16)7-6-14-4-2-1-3-5-14/h1-5,8-11,17H,6-7,12-13H2. The van der Waals surface area contributed by atoms with Crippen LogP contribution in [0, 0.1) is 0 Å². The highest BCUT2D eigenvalue weighted by Gasteiger charge is 2.24. The summed E-state index contributed by atoms with van der Waals surface area (Å²) in [4.78, 5) is 11.1. The number of cyclic esters (lactones) is 1. The Hall–Kier alpha value is -2.09. The van der Waals surface area contributed by atoms with Crippen LogP contribution < -0.4 is 0 Å². The van der Waals surface area contributed by atoms with Crippen LogP contribution in [0.3, 0.4) is 0 Å². The van der Waals surface area contributed by atoms with Gasteiger partial charge in [0.15, 0.2) is 0 Å². The predicted octanol–water partition coefficient (Wildman–Crippen LogP) is 3.85. The van der Waals surface area contributed by atoms with Crippen LogP contribution in [0.5, 0.6) is 0 Å². The average molecular weight is 266 g/mol. The van der Waals surface area contributed by atoms with Crippen LogP contribution in [0.25, 0.3) is 0 Å². The Balaban J connectivity index is 1.60. The van der Waals surface area contributed by atoms with Crippen LogP contribution >= 0.6 is 0 Å². The first-order valence-corrected chi connectivity index (χ1v) is 7.13. The second kappa shape index (κ2) is 5.91. The van der Waals surface area contributed by atoms with E-state index in [1.807, 2.05) is 6.07 Å². The summed E-state index contributed by atoms with van der Waals surface area (Å²) in [7, 11) is 0. The van der Waals surface area contributed by atoms with Gasteiger partial charge in [-0.1, -0.05) is 54.6 Å². The number of hydrogen-bond acceptors (Lipinski definition) is 2. The monoisotopic (exact) mass is 266 g/mol. The van der Waals surface area contributed by atoms with E-state index in [9.17, 15) is 4.79 Å². The predicted molar refractivity (Wildman–Crippen MR) is 78.4 cm³/mol. The molecule has 0 radical (unpaired) electrons. The maximum absolute atomic E-state index is 11.1. The Morgan fingerprint density at radius 3 is 2.15 bits per heavy atom. The van der Waals surface area contributed by atoms with Gasteiger partial charge in [-0.15, -0.1) is 0 Å². The first-order chi connectivity index (χ1) is 9.81. The molecule has 1 atom stereocenters. The highest BCUT2D eigenvalue weighted by Crippen LogP contribution is 2.29. The molecular formula is C18H18O2. The number of ether oxygens (including phenoxy) is 1. The van der Waals surface area contributed by atoms with Gasteiger partial charge in [0.05, 0.1) is 0 Å². The molecule has 102 valence electrons. The van der Waals surface area contributed by atoms with E-state index in [2.05, 4.69) is 48.5 Å². The molecule has 1 saturated heterocycles. The molecule has 0 bridgehead atoms. The summed E-state index contributed by atoms with van der Waals surface area (Å²) in [6.45, 7) is 0. The summed E-state index contributed by atoms with van der Waals surface area (Å²) in [6, 6.07) is 19.0. The van der Waals surface area contributed by atoms with Gasteiger partial charge in [0, 0.05) is 6.42 Å². The molecule has 2 aromatic carbocycles. The summed E-state index contributed by atoms with van der Waals surface area (Å²) < 4.78 is 5.28. The van der Waals surface area contributed by atoms with Gasteiger partial charge in [-0.2, -0.15) is 0 Å². The molecule has 1 heterocycles. The second-order valence-corrected chi connectivity index (χ2v) is 5.24. The van der Waals surface area contributed by atoms with Gasteiger partial charge >= 0.3 is 5.97 Å². The lowest BCUT2D eigenvalue weighted by Crippen LogP contribution is -1.99. The normalized spacial score (nSPS) is 18.0. The van der Waals surface area contributed by atoms with Gasteiger partial charge in [0.1, 0.15) is 6.10 Å². The van der Waals surface area contributed by atoms with E-state index in [1.165, 1.54) is 11.1 Å². The van der Waals surface area contributed by atoms with E-state index in [4.69, 9.17) is 4.74 Å². The highest BCUT2D eigenvalue weighted by atomic mass is 16.5. The molecule has 0 spiro atoms. The molecule has 0 N–H and O–H groups in total. The van der Waals surface area contributed by atoms with E-state index in [0.717, 1.165) is 24.8 Å². The molecule has 1 unspecified atom stereocenters. The summed E-state index contributed by atoms with van der Waals surface area (Å²) in [5, 5.41) is 0. The summed E-state index contributed by atoms with van der Waals surface area (Å²) in [6.07, 6.45) is 3.40. The molecule has 3 rings (SSSR count). The minimum atomic E-state index is -0.0804. The number of carbonyl (C=O) groups is 1.